The molecule has 0 saturated carbocycles. The van der Waals surface area contributed by atoms with E-state index in [2.05, 4.69) is 0 Å². The van der Waals surface area contributed by atoms with Crippen LogP contribution >= 0.6 is 0 Å². The first-order chi connectivity index (χ1) is 5.64. The Kier molecular flexibility index (Phi) is 2.54. The molecule has 0 amide bonds. The Hall–Kier alpha value is -1.23. The van der Waals surface area contributed by atoms with Crippen LogP contribution in [0.25, 0.3) is 0 Å². The molecule has 0 heterocycles. The average Bonchev–Trinajstić information content (AvgIpc) is 2.06. The predicted molar refractivity (Wildman–Crippen MR) is 44.9 cm³/mol. The molecule has 0 radical (unpaired) electrons. The van der Waals surface area contributed by atoms with Crippen molar-refractivity contribution in [3.63, 3.8) is 0 Å². The molecule has 0 spiro atoms. The summed E-state index contributed by atoms with van der Waals surface area (Å²) in [7, 11) is -3.80. The minimum absolute atomic E-state index is 0.322. The topological polar surface area (TPSA) is 63.6 Å². The van der Waals surface area contributed by atoms with Crippen LogP contribution in [0.1, 0.15) is 5.56 Å². The van der Waals surface area contributed by atoms with Gasteiger partial charge in [-0.25, -0.2) is 8.42 Å². The molecule has 4 nitrogen and oxygen atoms in total. The summed E-state index contributed by atoms with van der Waals surface area (Å²) in [6.07, 6.45) is 0. The molecular formula is C7H7NO3S. The van der Waals surface area contributed by atoms with Gasteiger partial charge < -0.3 is 0 Å². The third-order valence-corrected chi connectivity index (χ3v) is 2.23. The highest BCUT2D eigenvalue weighted by atomic mass is 32.2. The summed E-state index contributed by atoms with van der Waals surface area (Å²) in [5, 5.41) is 0. The van der Waals surface area contributed by atoms with Crippen molar-refractivity contribution >= 4 is 10.0 Å². The fourth-order valence-electron chi connectivity index (χ4n) is 0.811. The van der Waals surface area contributed by atoms with Crippen molar-refractivity contribution in [3.8, 4) is 0 Å². The van der Waals surface area contributed by atoms with E-state index in [9.17, 15) is 13.3 Å². The Balaban J connectivity index is 2.85. The Labute approximate surface area is 70.3 Å². The fourth-order valence-corrected chi connectivity index (χ4v) is 1.48. The van der Waals surface area contributed by atoms with Crippen LogP contribution in [0.15, 0.2) is 34.9 Å². The molecule has 0 bridgehead atoms. The number of nitrogens with zero attached hydrogens (tertiary/aromatic N) is 1. The standard InChI is InChI=1S/C7H7NO3S/c9-8-12(10,11)6-7-4-2-1-3-5-7/h1-5H,6H2. The number of hydrogen-bond acceptors (Lipinski definition) is 3. The zero-order chi connectivity index (χ0) is 9.03. The van der Waals surface area contributed by atoms with Gasteiger partial charge in [0.05, 0.1) is 10.3 Å². The van der Waals surface area contributed by atoms with Crippen molar-refractivity contribution < 1.29 is 8.42 Å². The normalized spacial score (nSPS) is 11.0. The van der Waals surface area contributed by atoms with Crippen molar-refractivity contribution in [1.29, 1.82) is 0 Å². The van der Waals surface area contributed by atoms with Crippen molar-refractivity contribution in [1.82, 2.24) is 0 Å². The van der Waals surface area contributed by atoms with Crippen LogP contribution in [0.3, 0.4) is 0 Å². The van der Waals surface area contributed by atoms with E-state index in [0.29, 0.717) is 5.56 Å². The summed E-state index contributed by atoms with van der Waals surface area (Å²) in [6, 6.07) is 8.43. The first kappa shape index (κ1) is 8.86. The van der Waals surface area contributed by atoms with Gasteiger partial charge in [0.25, 0.3) is 10.0 Å². The van der Waals surface area contributed by atoms with Gasteiger partial charge in [-0.2, -0.15) is 0 Å². The summed E-state index contributed by atoms with van der Waals surface area (Å²) in [4.78, 5) is 9.79. The van der Waals surface area contributed by atoms with E-state index in [4.69, 9.17) is 0 Å². The summed E-state index contributed by atoms with van der Waals surface area (Å²) in [5.74, 6) is -0.322. The summed E-state index contributed by atoms with van der Waals surface area (Å²) in [5.41, 5.74) is 0.567. The molecule has 0 N–H and O–H groups in total. The Bertz CT molecular complexity index is 357. The van der Waals surface area contributed by atoms with E-state index in [0.717, 1.165) is 0 Å². The smallest absolute Gasteiger partial charge is 0.201 e. The van der Waals surface area contributed by atoms with Crippen molar-refractivity contribution in [2.24, 2.45) is 4.58 Å². The number of benzene rings is 1. The molecule has 0 atom stereocenters. The first-order valence-electron chi connectivity index (χ1n) is 3.25. The highest BCUT2D eigenvalue weighted by molar-refractivity contribution is 7.89. The third-order valence-electron chi connectivity index (χ3n) is 1.31. The maximum atomic E-state index is 10.7. The molecule has 0 saturated heterocycles. The van der Waals surface area contributed by atoms with Crippen LogP contribution in [0, 0.1) is 4.91 Å². The van der Waals surface area contributed by atoms with Crippen LogP contribution < -0.4 is 0 Å². The summed E-state index contributed by atoms with van der Waals surface area (Å²) >= 11 is 0. The molecule has 1 aromatic carbocycles. The highest BCUT2D eigenvalue weighted by Crippen LogP contribution is 2.05. The second kappa shape index (κ2) is 3.44. The molecular weight excluding hydrogens is 178 g/mol. The maximum Gasteiger partial charge on any atom is 0.292 e. The van der Waals surface area contributed by atoms with Gasteiger partial charge in [0, 0.05) is 0 Å². The van der Waals surface area contributed by atoms with Gasteiger partial charge in [0.15, 0.2) is 0 Å². The Morgan fingerprint density at radius 1 is 1.17 bits per heavy atom. The van der Waals surface area contributed by atoms with E-state index >= 15 is 0 Å². The molecule has 5 heteroatoms. The van der Waals surface area contributed by atoms with E-state index in [-0.39, 0.29) is 5.75 Å². The predicted octanol–water partition coefficient (Wildman–Crippen LogP) is 1.28. The molecule has 12 heavy (non-hydrogen) atoms. The molecule has 0 aliphatic heterocycles. The summed E-state index contributed by atoms with van der Waals surface area (Å²) in [6.45, 7) is 0. The van der Waals surface area contributed by atoms with Crippen molar-refractivity contribution in [2.75, 3.05) is 0 Å². The lowest BCUT2D eigenvalue weighted by atomic mass is 10.2. The van der Waals surface area contributed by atoms with Crippen LogP contribution in [0.4, 0.5) is 0 Å². The van der Waals surface area contributed by atoms with Crippen molar-refractivity contribution in [3.05, 3.63) is 40.8 Å². The molecule has 1 rings (SSSR count). The van der Waals surface area contributed by atoms with Crippen LogP contribution in [0.2, 0.25) is 0 Å². The molecule has 0 aromatic heterocycles. The van der Waals surface area contributed by atoms with Gasteiger partial charge in [0.1, 0.15) is 0 Å². The van der Waals surface area contributed by atoms with Gasteiger partial charge in [-0.15, -0.1) is 4.91 Å². The number of sulfonamides is 1. The lowest BCUT2D eigenvalue weighted by molar-refractivity contribution is 0.597. The number of rotatable bonds is 3. The average molecular weight is 185 g/mol. The molecule has 0 aliphatic rings. The summed E-state index contributed by atoms with van der Waals surface area (Å²) < 4.78 is 23.4. The zero-order valence-electron chi connectivity index (χ0n) is 6.17. The van der Waals surface area contributed by atoms with Gasteiger partial charge in [-0.3, -0.25) is 0 Å². The van der Waals surface area contributed by atoms with Crippen LogP contribution in [-0.2, 0) is 15.8 Å². The molecule has 64 valence electrons. The highest BCUT2D eigenvalue weighted by Gasteiger charge is 2.09. The third kappa shape index (κ3) is 2.43. The monoisotopic (exact) mass is 185 g/mol. The van der Waals surface area contributed by atoms with E-state index in [1.807, 2.05) is 4.58 Å². The first-order valence-corrected chi connectivity index (χ1v) is 4.86. The van der Waals surface area contributed by atoms with Gasteiger partial charge in [-0.05, 0) is 5.56 Å². The van der Waals surface area contributed by atoms with Crippen LogP contribution in [-0.4, -0.2) is 8.42 Å². The zero-order valence-corrected chi connectivity index (χ0v) is 6.99. The minimum Gasteiger partial charge on any atom is -0.201 e. The van der Waals surface area contributed by atoms with Crippen LogP contribution in [0.5, 0.6) is 0 Å². The molecule has 0 aliphatic carbocycles. The maximum absolute atomic E-state index is 10.7. The fraction of sp³-hybridized carbons (Fsp3) is 0.143. The second-order valence-electron chi connectivity index (χ2n) is 2.29. The van der Waals surface area contributed by atoms with Gasteiger partial charge in [-0.1, -0.05) is 30.3 Å². The minimum atomic E-state index is -3.80. The van der Waals surface area contributed by atoms with E-state index < -0.39 is 10.0 Å². The van der Waals surface area contributed by atoms with E-state index in [1.165, 1.54) is 0 Å². The molecule has 0 unspecified atom stereocenters. The quantitative estimate of drug-likeness (QED) is 0.666. The van der Waals surface area contributed by atoms with Crippen molar-refractivity contribution in [2.45, 2.75) is 5.75 Å². The number of nitroso groups, excluding NO2 is 1. The van der Waals surface area contributed by atoms with Gasteiger partial charge >= 0.3 is 0 Å². The SMILES string of the molecule is O=NS(=O)(=O)Cc1ccccc1. The lowest BCUT2D eigenvalue weighted by Crippen LogP contribution is -1.98. The van der Waals surface area contributed by atoms with E-state index in [1.54, 1.807) is 30.3 Å². The van der Waals surface area contributed by atoms with Gasteiger partial charge in [0.2, 0.25) is 0 Å². The second-order valence-corrected chi connectivity index (χ2v) is 3.89. The molecule has 0 fully saturated rings. The Morgan fingerprint density at radius 2 is 1.75 bits per heavy atom. The number of hydrogen-bond donors (Lipinski definition) is 0. The Morgan fingerprint density at radius 3 is 2.25 bits per heavy atom. The lowest BCUT2D eigenvalue weighted by Gasteiger charge is -1.94. The molecule has 1 aromatic rings. The largest absolute Gasteiger partial charge is 0.292 e.